The number of esters is 1. The van der Waals surface area contributed by atoms with Crippen molar-refractivity contribution in [2.24, 2.45) is 5.92 Å². The Morgan fingerprint density at radius 1 is 1.17 bits per heavy atom. The molecule has 0 radical (unpaired) electrons. The third kappa shape index (κ3) is 4.84. The summed E-state index contributed by atoms with van der Waals surface area (Å²) in [7, 11) is 1.24. The summed E-state index contributed by atoms with van der Waals surface area (Å²) in [6, 6.07) is 19.0. The van der Waals surface area contributed by atoms with Gasteiger partial charge in [-0.25, -0.2) is 0 Å². The summed E-state index contributed by atoms with van der Waals surface area (Å²) in [4.78, 5) is 25.1. The Kier molecular flexibility index (Phi) is 7.15. The summed E-state index contributed by atoms with van der Waals surface area (Å²) in [5.74, 6) is -1.66. The lowest BCUT2D eigenvalue weighted by Gasteiger charge is -2.30. The number of hydrogen-bond acceptors (Lipinski definition) is 6. The van der Waals surface area contributed by atoms with E-state index in [-0.39, 0.29) is 0 Å². The van der Waals surface area contributed by atoms with E-state index in [9.17, 15) is 14.9 Å². The highest BCUT2D eigenvalue weighted by atomic mass is 32.2. The minimum absolute atomic E-state index is 0.344. The zero-order valence-electron chi connectivity index (χ0n) is 16.8. The van der Waals surface area contributed by atoms with Crippen molar-refractivity contribution in [2.45, 2.75) is 12.8 Å². The van der Waals surface area contributed by atoms with Crippen LogP contribution in [0.15, 0.2) is 65.2 Å². The quantitative estimate of drug-likeness (QED) is 0.417. The number of carbonyl (C=O) groups is 2. The maximum absolute atomic E-state index is 12.7. The normalized spacial score (nSPS) is 18.4. The first-order valence-electron chi connectivity index (χ1n) is 9.45. The van der Waals surface area contributed by atoms with Gasteiger partial charge in [0.1, 0.15) is 11.7 Å². The molecule has 30 heavy (non-hydrogen) atoms. The third-order valence-corrected chi connectivity index (χ3v) is 5.74. The first-order chi connectivity index (χ1) is 14.5. The Labute approximate surface area is 179 Å². The van der Waals surface area contributed by atoms with Crippen molar-refractivity contribution in [1.29, 1.82) is 5.26 Å². The molecule has 0 saturated carbocycles. The van der Waals surface area contributed by atoms with Crippen LogP contribution in [0.25, 0.3) is 0 Å². The Bertz CT molecular complexity index is 981. The molecule has 2 atom stereocenters. The van der Waals surface area contributed by atoms with E-state index in [0.29, 0.717) is 28.5 Å². The number of ether oxygens (including phenoxy) is 2. The minimum Gasteiger partial charge on any atom is -0.493 e. The van der Waals surface area contributed by atoms with Crippen molar-refractivity contribution < 1.29 is 19.1 Å². The Balaban J connectivity index is 1.80. The van der Waals surface area contributed by atoms with Crippen molar-refractivity contribution >= 4 is 23.6 Å². The number of carbonyl (C=O) groups excluding carboxylic acids is 2. The second kappa shape index (κ2) is 9.99. The predicted octanol–water partition coefficient (Wildman–Crippen LogP) is 3.55. The van der Waals surface area contributed by atoms with Crippen molar-refractivity contribution in [1.82, 2.24) is 5.32 Å². The molecule has 1 N–H and O–H groups in total. The van der Waals surface area contributed by atoms with Crippen LogP contribution in [0.4, 0.5) is 0 Å². The van der Waals surface area contributed by atoms with Gasteiger partial charge in [0.25, 0.3) is 0 Å². The van der Waals surface area contributed by atoms with Gasteiger partial charge in [-0.1, -0.05) is 48.0 Å². The summed E-state index contributed by atoms with van der Waals surface area (Å²) in [6.07, 6.45) is 0. The van der Waals surface area contributed by atoms with E-state index in [1.807, 2.05) is 49.4 Å². The number of allylic oxidation sites excluding steroid dienone is 1. The number of rotatable bonds is 7. The molecule has 154 valence electrons. The summed E-state index contributed by atoms with van der Waals surface area (Å²) in [5.41, 5.74) is 2.21. The fourth-order valence-corrected chi connectivity index (χ4v) is 4.15. The smallest absolute Gasteiger partial charge is 0.319 e. The molecule has 0 unspecified atom stereocenters. The number of aryl methyl sites for hydroxylation is 1. The Morgan fingerprint density at radius 2 is 1.87 bits per heavy atom. The van der Waals surface area contributed by atoms with Crippen LogP contribution in [0, 0.1) is 24.2 Å². The molecule has 0 bridgehead atoms. The van der Waals surface area contributed by atoms with E-state index in [2.05, 4.69) is 11.4 Å². The molecule has 1 heterocycles. The van der Waals surface area contributed by atoms with Crippen LogP contribution in [0.5, 0.6) is 5.75 Å². The molecule has 0 saturated heterocycles. The number of benzene rings is 2. The van der Waals surface area contributed by atoms with Gasteiger partial charge in [-0.15, -0.1) is 11.8 Å². The molecule has 1 aliphatic rings. The van der Waals surface area contributed by atoms with Crippen LogP contribution >= 0.6 is 11.8 Å². The van der Waals surface area contributed by atoms with Crippen molar-refractivity contribution in [3.8, 4) is 11.8 Å². The van der Waals surface area contributed by atoms with Gasteiger partial charge in [-0.2, -0.15) is 5.26 Å². The average Bonchev–Trinajstić information content (AvgIpc) is 2.77. The van der Waals surface area contributed by atoms with Gasteiger partial charge in [-0.3, -0.25) is 9.59 Å². The second-order valence-electron chi connectivity index (χ2n) is 6.74. The van der Waals surface area contributed by atoms with E-state index in [0.717, 1.165) is 11.3 Å². The Morgan fingerprint density at radius 3 is 2.50 bits per heavy atom. The van der Waals surface area contributed by atoms with Gasteiger partial charge >= 0.3 is 5.97 Å². The largest absolute Gasteiger partial charge is 0.493 e. The lowest BCUT2D eigenvalue weighted by Crippen LogP contribution is -2.44. The highest BCUT2D eigenvalue weighted by Crippen LogP contribution is 2.40. The first-order valence-corrected chi connectivity index (χ1v) is 10.4. The van der Waals surface area contributed by atoms with Gasteiger partial charge in [0.05, 0.1) is 30.4 Å². The van der Waals surface area contributed by atoms with E-state index >= 15 is 0 Å². The highest BCUT2D eigenvalue weighted by molar-refractivity contribution is 8.03. The predicted molar refractivity (Wildman–Crippen MR) is 115 cm³/mol. The first kappa shape index (κ1) is 21.5. The number of hydrogen-bond donors (Lipinski definition) is 1. The van der Waals surface area contributed by atoms with Gasteiger partial charge in [0.2, 0.25) is 5.91 Å². The van der Waals surface area contributed by atoms with Crippen LogP contribution in [-0.2, 0) is 14.3 Å². The van der Waals surface area contributed by atoms with Crippen molar-refractivity contribution in [2.75, 3.05) is 19.5 Å². The van der Waals surface area contributed by atoms with E-state index in [1.165, 1.54) is 18.9 Å². The van der Waals surface area contributed by atoms with Crippen LogP contribution in [0.2, 0.25) is 0 Å². The summed E-state index contributed by atoms with van der Waals surface area (Å²) in [6.45, 7) is 2.41. The summed E-state index contributed by atoms with van der Waals surface area (Å²) in [5, 5.41) is 13.0. The van der Waals surface area contributed by atoms with Gasteiger partial charge in [-0.05, 0) is 24.6 Å². The fourth-order valence-electron chi connectivity index (χ4n) is 3.28. The van der Waals surface area contributed by atoms with E-state index < -0.39 is 23.7 Å². The van der Waals surface area contributed by atoms with Crippen LogP contribution < -0.4 is 10.1 Å². The summed E-state index contributed by atoms with van der Waals surface area (Å²) < 4.78 is 10.6. The van der Waals surface area contributed by atoms with Crippen molar-refractivity contribution in [3.05, 3.63) is 76.3 Å². The molecule has 2 aromatic rings. The van der Waals surface area contributed by atoms with Gasteiger partial charge in [0, 0.05) is 11.7 Å². The number of methoxy groups -OCH3 is 1. The molecule has 7 heteroatoms. The van der Waals surface area contributed by atoms with Gasteiger partial charge < -0.3 is 14.8 Å². The van der Waals surface area contributed by atoms with E-state index in [1.54, 1.807) is 12.1 Å². The molecular weight excluding hydrogens is 400 g/mol. The molecule has 0 fully saturated rings. The molecule has 1 amide bonds. The number of nitrogens with zero attached hydrogens (tertiary/aromatic N) is 1. The molecule has 1 aliphatic heterocycles. The Hall–Kier alpha value is -3.24. The second-order valence-corrected chi connectivity index (χ2v) is 7.85. The lowest BCUT2D eigenvalue weighted by molar-refractivity contribution is -0.150. The molecular formula is C23H22N2O4S. The lowest BCUT2D eigenvalue weighted by atomic mass is 9.78. The third-order valence-electron chi connectivity index (χ3n) is 4.76. The molecule has 0 aliphatic carbocycles. The van der Waals surface area contributed by atoms with Crippen molar-refractivity contribution in [3.63, 3.8) is 0 Å². The average molecular weight is 423 g/mol. The van der Waals surface area contributed by atoms with Gasteiger partial charge in [0.15, 0.2) is 0 Å². The molecule has 2 aromatic carbocycles. The number of amides is 1. The summed E-state index contributed by atoms with van der Waals surface area (Å²) >= 11 is 1.32. The highest BCUT2D eigenvalue weighted by Gasteiger charge is 2.44. The number of thioether (sulfide) groups is 1. The molecule has 0 spiro atoms. The SMILES string of the molecule is COC(=O)[C@@H]1C(=O)NC(SCCOc2ccc(C)cc2)=C(C#N)[C@H]1c1ccccc1. The maximum atomic E-state index is 12.7. The van der Waals surface area contributed by atoms with Crippen LogP contribution in [0.1, 0.15) is 17.0 Å². The molecule has 0 aromatic heterocycles. The maximum Gasteiger partial charge on any atom is 0.319 e. The monoisotopic (exact) mass is 422 g/mol. The minimum atomic E-state index is -1.11. The molecule has 3 rings (SSSR count). The number of nitrogens with one attached hydrogen (secondary N) is 1. The zero-order valence-corrected chi connectivity index (χ0v) is 17.6. The number of nitriles is 1. The fraction of sp³-hybridized carbons (Fsp3) is 0.261. The van der Waals surface area contributed by atoms with E-state index in [4.69, 9.17) is 9.47 Å². The van der Waals surface area contributed by atoms with Crippen LogP contribution in [0.3, 0.4) is 0 Å². The van der Waals surface area contributed by atoms with Crippen LogP contribution in [-0.4, -0.2) is 31.3 Å². The molecule has 6 nitrogen and oxygen atoms in total. The standard InChI is InChI=1S/C23H22N2O4S/c1-15-8-10-17(11-9-15)29-12-13-30-22-18(14-24)19(16-6-4-3-5-7-16)20(21(26)25-22)23(27)28-2/h3-11,19-20H,12-13H2,1-2H3,(H,25,26)/t19-,20+/m1/s1. The zero-order chi connectivity index (χ0) is 21.5. The topological polar surface area (TPSA) is 88.4 Å².